The number of hydrazone groups is 1. The average Bonchev–Trinajstić information content (AvgIpc) is 2.95. The minimum atomic E-state index is -1.17. The summed E-state index contributed by atoms with van der Waals surface area (Å²) in [6.07, 6.45) is 5.58. The molecule has 0 saturated carbocycles. The number of terminal acetylenes is 1. The molecular weight excluding hydrogens is 520 g/mol. The van der Waals surface area contributed by atoms with Crippen molar-refractivity contribution >= 4 is 18.2 Å². The standard InChI is InChI=1S/C28H32N4O8/c1-6-13-39-26-19(9-8-10-21(26)36-4)15-29-32-23(33)16-40-20-12-11-18(14-22(20)38-7-2)25-24(27(34)37-5)17(3)30-28(35)31-25/h1,8-12,14-15,23,25,32-33H,7,13,16H2,2-5H3,(H2,30,31,35)/b29-15+/t23-,25+/m1/s1. The Hall–Kier alpha value is -4.89. The highest BCUT2D eigenvalue weighted by Crippen LogP contribution is 2.35. The Morgan fingerprint density at radius 2 is 2.00 bits per heavy atom. The second kappa shape index (κ2) is 14.3. The first-order valence-corrected chi connectivity index (χ1v) is 12.3. The molecular formula is C28H32N4O8. The average molecular weight is 553 g/mol. The number of carbonyl (C=O) groups excluding carboxylic acids is 2. The maximum absolute atomic E-state index is 12.4. The molecule has 2 aromatic carbocycles. The molecule has 0 radical (unpaired) electrons. The molecule has 0 aliphatic carbocycles. The number of aliphatic hydroxyl groups is 1. The Morgan fingerprint density at radius 1 is 1.20 bits per heavy atom. The van der Waals surface area contributed by atoms with E-state index in [1.807, 2.05) is 0 Å². The Kier molecular flexibility index (Phi) is 10.6. The minimum absolute atomic E-state index is 0.0516. The number of esters is 1. The van der Waals surface area contributed by atoms with Gasteiger partial charge in [-0.15, -0.1) is 6.42 Å². The number of ether oxygens (including phenoxy) is 5. The fourth-order valence-corrected chi connectivity index (χ4v) is 3.88. The third kappa shape index (κ3) is 7.36. The van der Waals surface area contributed by atoms with Crippen LogP contribution >= 0.6 is 0 Å². The summed E-state index contributed by atoms with van der Waals surface area (Å²) in [5.74, 6) is 3.44. The molecule has 212 valence electrons. The van der Waals surface area contributed by atoms with Crippen LogP contribution in [0.3, 0.4) is 0 Å². The van der Waals surface area contributed by atoms with Crippen LogP contribution in [-0.4, -0.2) is 63.6 Å². The van der Waals surface area contributed by atoms with E-state index in [0.717, 1.165) is 0 Å². The maximum Gasteiger partial charge on any atom is 0.337 e. The van der Waals surface area contributed by atoms with E-state index in [9.17, 15) is 14.7 Å². The van der Waals surface area contributed by atoms with Crippen LogP contribution < -0.4 is 35.0 Å². The van der Waals surface area contributed by atoms with Crippen molar-refractivity contribution in [2.24, 2.45) is 5.10 Å². The lowest BCUT2D eigenvalue weighted by atomic mass is 9.95. The fraction of sp³-hybridized carbons (Fsp3) is 0.321. The molecule has 0 fully saturated rings. The fourth-order valence-electron chi connectivity index (χ4n) is 3.88. The van der Waals surface area contributed by atoms with Crippen molar-refractivity contribution in [3.05, 3.63) is 58.8 Å². The van der Waals surface area contributed by atoms with Crippen molar-refractivity contribution in [1.29, 1.82) is 0 Å². The van der Waals surface area contributed by atoms with Gasteiger partial charge in [0.1, 0.15) is 13.2 Å². The summed E-state index contributed by atoms with van der Waals surface area (Å²) in [5, 5.41) is 19.7. The molecule has 4 N–H and O–H groups in total. The van der Waals surface area contributed by atoms with Crippen molar-refractivity contribution in [3.63, 3.8) is 0 Å². The highest BCUT2D eigenvalue weighted by atomic mass is 16.5. The first-order chi connectivity index (χ1) is 19.3. The molecule has 0 saturated heterocycles. The van der Waals surface area contributed by atoms with Crippen LogP contribution in [0.1, 0.15) is 31.0 Å². The molecule has 12 heteroatoms. The summed E-state index contributed by atoms with van der Waals surface area (Å²) < 4.78 is 27.3. The van der Waals surface area contributed by atoms with E-state index < -0.39 is 24.3 Å². The van der Waals surface area contributed by atoms with Crippen LogP contribution in [0.5, 0.6) is 23.0 Å². The molecule has 0 bridgehead atoms. The van der Waals surface area contributed by atoms with Gasteiger partial charge in [-0.2, -0.15) is 5.10 Å². The second-order valence-corrected chi connectivity index (χ2v) is 8.29. The number of amides is 2. The number of aliphatic hydroxyl groups excluding tert-OH is 1. The Morgan fingerprint density at radius 3 is 2.70 bits per heavy atom. The number of nitrogens with zero attached hydrogens (tertiary/aromatic N) is 1. The van der Waals surface area contributed by atoms with E-state index in [0.29, 0.717) is 46.4 Å². The van der Waals surface area contributed by atoms with E-state index >= 15 is 0 Å². The van der Waals surface area contributed by atoms with Crippen LogP contribution in [0.15, 0.2) is 52.8 Å². The third-order valence-corrected chi connectivity index (χ3v) is 5.63. The van der Waals surface area contributed by atoms with Gasteiger partial charge in [0.25, 0.3) is 0 Å². The monoisotopic (exact) mass is 552 g/mol. The van der Waals surface area contributed by atoms with Gasteiger partial charge in [-0.1, -0.05) is 18.1 Å². The first kappa shape index (κ1) is 29.7. The van der Waals surface area contributed by atoms with Gasteiger partial charge in [-0.05, 0) is 43.7 Å². The molecule has 0 unspecified atom stereocenters. The molecule has 3 rings (SSSR count). The number of carbonyl (C=O) groups is 2. The Bertz CT molecular complexity index is 1320. The maximum atomic E-state index is 12.4. The zero-order valence-corrected chi connectivity index (χ0v) is 22.6. The number of allylic oxidation sites excluding steroid dienone is 1. The van der Waals surface area contributed by atoms with E-state index in [2.05, 4.69) is 27.1 Å². The van der Waals surface area contributed by atoms with Crippen LogP contribution in [0.25, 0.3) is 0 Å². The number of para-hydroxylation sites is 1. The SMILES string of the molecule is C#CCOc1c(/C=N/N[C@H](O)COc2ccc([C@@H]3NC(=O)NC(C)=C3C(=O)OC)cc2OCC)cccc1OC. The lowest BCUT2D eigenvalue weighted by molar-refractivity contribution is -0.136. The minimum Gasteiger partial charge on any atom is -0.493 e. The first-order valence-electron chi connectivity index (χ1n) is 12.3. The number of benzene rings is 2. The van der Waals surface area contributed by atoms with E-state index in [1.165, 1.54) is 20.4 Å². The van der Waals surface area contributed by atoms with Gasteiger partial charge >= 0.3 is 12.0 Å². The molecule has 12 nitrogen and oxygen atoms in total. The number of hydrogen-bond acceptors (Lipinski definition) is 10. The van der Waals surface area contributed by atoms with Crippen LogP contribution in [0.4, 0.5) is 4.79 Å². The van der Waals surface area contributed by atoms with Crippen molar-refractivity contribution in [2.45, 2.75) is 26.1 Å². The second-order valence-electron chi connectivity index (χ2n) is 8.29. The highest BCUT2D eigenvalue weighted by molar-refractivity contribution is 5.95. The van der Waals surface area contributed by atoms with E-state index in [1.54, 1.807) is 50.2 Å². The molecule has 1 aliphatic heterocycles. The molecule has 0 spiro atoms. The van der Waals surface area contributed by atoms with E-state index in [-0.39, 0.29) is 18.8 Å². The summed E-state index contributed by atoms with van der Waals surface area (Å²) in [7, 11) is 2.78. The number of urea groups is 1. The summed E-state index contributed by atoms with van der Waals surface area (Å²) in [6, 6.07) is 9.00. The Balaban J connectivity index is 1.71. The molecule has 0 aromatic heterocycles. The number of methoxy groups -OCH3 is 2. The van der Waals surface area contributed by atoms with Gasteiger partial charge in [0, 0.05) is 11.3 Å². The molecule has 1 heterocycles. The predicted octanol–water partition coefficient (Wildman–Crippen LogP) is 2.23. The van der Waals surface area contributed by atoms with Crippen molar-refractivity contribution in [2.75, 3.05) is 34.0 Å². The predicted molar refractivity (Wildman–Crippen MR) is 146 cm³/mol. The molecule has 40 heavy (non-hydrogen) atoms. The zero-order valence-electron chi connectivity index (χ0n) is 22.6. The number of nitrogens with one attached hydrogen (secondary N) is 3. The topological polar surface area (TPSA) is 149 Å². The summed E-state index contributed by atoms with van der Waals surface area (Å²) in [4.78, 5) is 24.5. The quantitative estimate of drug-likeness (QED) is 0.0965. The van der Waals surface area contributed by atoms with Crippen LogP contribution in [0.2, 0.25) is 0 Å². The van der Waals surface area contributed by atoms with E-state index in [4.69, 9.17) is 30.1 Å². The van der Waals surface area contributed by atoms with Crippen molar-refractivity contribution in [1.82, 2.24) is 16.1 Å². The van der Waals surface area contributed by atoms with Gasteiger partial charge < -0.3 is 39.4 Å². The van der Waals surface area contributed by atoms with Crippen LogP contribution in [0, 0.1) is 12.3 Å². The van der Waals surface area contributed by atoms with Crippen molar-refractivity contribution in [3.8, 4) is 35.3 Å². The lowest BCUT2D eigenvalue weighted by Crippen LogP contribution is -2.45. The third-order valence-electron chi connectivity index (χ3n) is 5.63. The highest BCUT2D eigenvalue weighted by Gasteiger charge is 2.32. The lowest BCUT2D eigenvalue weighted by Gasteiger charge is -2.28. The Labute approximate surface area is 232 Å². The van der Waals surface area contributed by atoms with Gasteiger partial charge in [0.15, 0.2) is 29.2 Å². The van der Waals surface area contributed by atoms with Gasteiger partial charge in [-0.25, -0.2) is 9.59 Å². The van der Waals surface area contributed by atoms with Gasteiger partial charge in [0.05, 0.1) is 38.7 Å². The number of rotatable bonds is 13. The molecule has 2 amide bonds. The van der Waals surface area contributed by atoms with Crippen molar-refractivity contribution < 1.29 is 38.4 Å². The normalized spacial score (nSPS) is 15.4. The smallest absolute Gasteiger partial charge is 0.337 e. The summed E-state index contributed by atoms with van der Waals surface area (Å²) in [6.45, 7) is 3.63. The number of hydrogen-bond donors (Lipinski definition) is 4. The zero-order chi connectivity index (χ0) is 29.1. The summed E-state index contributed by atoms with van der Waals surface area (Å²) >= 11 is 0. The van der Waals surface area contributed by atoms with Crippen LogP contribution in [-0.2, 0) is 9.53 Å². The van der Waals surface area contributed by atoms with Gasteiger partial charge in [-0.3, -0.25) is 5.43 Å². The molecule has 2 aromatic rings. The molecule has 1 aliphatic rings. The van der Waals surface area contributed by atoms with Gasteiger partial charge in [0.2, 0.25) is 0 Å². The largest absolute Gasteiger partial charge is 0.493 e. The summed E-state index contributed by atoms with van der Waals surface area (Å²) in [5.41, 5.74) is 4.40. The molecule has 2 atom stereocenters.